The fraction of sp³-hybridized carbons (Fsp3) is 0.632. The highest BCUT2D eigenvalue weighted by Gasteiger charge is 2.24. The average molecular weight is 479 g/mol. The Bertz CT molecular complexity index is 559. The number of halogens is 1. The normalized spacial score (nSPS) is 12.8. The molecule has 6 nitrogen and oxygen atoms in total. The summed E-state index contributed by atoms with van der Waals surface area (Å²) in [4.78, 5) is 4.26. The van der Waals surface area contributed by atoms with E-state index in [-0.39, 0.29) is 35.5 Å². The van der Waals surface area contributed by atoms with E-state index in [1.54, 1.807) is 28.4 Å². The lowest BCUT2D eigenvalue weighted by Crippen LogP contribution is -2.45. The van der Waals surface area contributed by atoms with E-state index >= 15 is 0 Å². The molecule has 0 amide bonds. The van der Waals surface area contributed by atoms with Gasteiger partial charge in [-0.25, -0.2) is 0 Å². The summed E-state index contributed by atoms with van der Waals surface area (Å²) in [7, 11) is 6.79. The molecule has 1 unspecified atom stereocenters. The van der Waals surface area contributed by atoms with E-state index in [0.717, 1.165) is 30.4 Å². The summed E-state index contributed by atoms with van der Waals surface area (Å²) < 4.78 is 16.2. The van der Waals surface area contributed by atoms with Gasteiger partial charge in [-0.3, -0.25) is 4.99 Å². The van der Waals surface area contributed by atoms with Gasteiger partial charge in [0.2, 0.25) is 0 Å². The number of guanidine groups is 1. The molecule has 26 heavy (non-hydrogen) atoms. The lowest BCUT2D eigenvalue weighted by atomic mass is 9.89. The van der Waals surface area contributed by atoms with Crippen molar-refractivity contribution in [1.29, 1.82) is 0 Å². The zero-order valence-electron chi connectivity index (χ0n) is 17.0. The number of methoxy groups -OCH3 is 3. The highest BCUT2D eigenvalue weighted by atomic mass is 127. The van der Waals surface area contributed by atoms with Crippen molar-refractivity contribution in [3.05, 3.63) is 23.8 Å². The summed E-state index contributed by atoms with van der Waals surface area (Å²) in [5.41, 5.74) is 1.24. The maximum atomic E-state index is 5.56. The quantitative estimate of drug-likeness (QED) is 0.341. The molecule has 1 aromatic carbocycles. The second kappa shape index (κ2) is 12.2. The Morgan fingerprint density at radius 1 is 1.08 bits per heavy atom. The van der Waals surface area contributed by atoms with Crippen molar-refractivity contribution in [1.82, 2.24) is 10.6 Å². The summed E-state index contributed by atoms with van der Waals surface area (Å²) in [6, 6.07) is 5.96. The second-order valence-electron chi connectivity index (χ2n) is 6.91. The Morgan fingerprint density at radius 3 is 2.23 bits per heavy atom. The molecule has 0 saturated carbocycles. The highest BCUT2D eigenvalue weighted by Crippen LogP contribution is 2.27. The molecule has 1 rings (SSSR count). The Kier molecular flexibility index (Phi) is 11.6. The van der Waals surface area contributed by atoms with E-state index in [0.29, 0.717) is 6.54 Å². The Labute approximate surface area is 175 Å². The lowest BCUT2D eigenvalue weighted by Gasteiger charge is -2.30. The van der Waals surface area contributed by atoms with Gasteiger partial charge in [-0.05, 0) is 29.5 Å². The van der Waals surface area contributed by atoms with Crippen LogP contribution in [0.4, 0.5) is 0 Å². The van der Waals surface area contributed by atoms with E-state index in [4.69, 9.17) is 14.2 Å². The SMILES string of the molecule is CN=C(NCCc1ccc(OC)c(OC)c1)NCC(OC)C(C)(C)C.I. The molecule has 1 atom stereocenters. The minimum atomic E-state index is 0. The number of rotatable bonds is 8. The molecule has 0 fully saturated rings. The highest BCUT2D eigenvalue weighted by molar-refractivity contribution is 14.0. The first-order chi connectivity index (χ1) is 11.8. The van der Waals surface area contributed by atoms with Crippen molar-refractivity contribution in [2.24, 2.45) is 10.4 Å². The van der Waals surface area contributed by atoms with E-state index in [9.17, 15) is 0 Å². The molecule has 0 bridgehead atoms. The fourth-order valence-electron chi connectivity index (χ4n) is 2.51. The molecule has 0 aliphatic carbocycles. The summed E-state index contributed by atoms with van der Waals surface area (Å²) in [6.45, 7) is 7.96. The Morgan fingerprint density at radius 2 is 1.73 bits per heavy atom. The first-order valence-electron chi connectivity index (χ1n) is 8.54. The van der Waals surface area contributed by atoms with Crippen molar-refractivity contribution in [3.8, 4) is 11.5 Å². The van der Waals surface area contributed by atoms with Crippen LogP contribution >= 0.6 is 24.0 Å². The van der Waals surface area contributed by atoms with Gasteiger partial charge in [-0.2, -0.15) is 0 Å². The molecule has 1 aromatic rings. The van der Waals surface area contributed by atoms with Gasteiger partial charge in [0.25, 0.3) is 0 Å². The number of hydrogen-bond donors (Lipinski definition) is 2. The predicted molar refractivity (Wildman–Crippen MR) is 118 cm³/mol. The number of ether oxygens (including phenoxy) is 3. The standard InChI is InChI=1S/C19H33N3O3.HI/c1-19(2,3)17(25-7)13-22-18(20-4)21-11-10-14-8-9-15(23-5)16(12-14)24-6;/h8-9,12,17H,10-11,13H2,1-7H3,(H2,20,21,22);1H. The van der Waals surface area contributed by atoms with Crippen LogP contribution in [-0.4, -0.2) is 53.5 Å². The molecule has 150 valence electrons. The Hall–Kier alpha value is -1.22. The lowest BCUT2D eigenvalue weighted by molar-refractivity contribution is 0.0205. The molecular formula is C19H34IN3O3. The van der Waals surface area contributed by atoms with Crippen LogP contribution in [0.1, 0.15) is 26.3 Å². The van der Waals surface area contributed by atoms with Gasteiger partial charge in [0.1, 0.15) is 0 Å². The first kappa shape index (κ1) is 24.8. The molecule has 0 saturated heterocycles. The summed E-state index contributed by atoms with van der Waals surface area (Å²) in [5.74, 6) is 2.26. The minimum absolute atomic E-state index is 0. The van der Waals surface area contributed by atoms with Gasteiger partial charge in [0.05, 0.1) is 20.3 Å². The molecule has 0 aromatic heterocycles. The molecule has 2 N–H and O–H groups in total. The van der Waals surface area contributed by atoms with E-state index in [1.165, 1.54) is 5.56 Å². The largest absolute Gasteiger partial charge is 0.493 e. The van der Waals surface area contributed by atoms with Crippen molar-refractivity contribution >= 4 is 29.9 Å². The summed E-state index contributed by atoms with van der Waals surface area (Å²) in [6.07, 6.45) is 0.963. The van der Waals surface area contributed by atoms with Gasteiger partial charge in [0, 0.05) is 27.2 Å². The zero-order chi connectivity index (χ0) is 18.9. The van der Waals surface area contributed by atoms with Crippen LogP contribution in [0.15, 0.2) is 23.2 Å². The molecule has 0 radical (unpaired) electrons. The van der Waals surface area contributed by atoms with Gasteiger partial charge in [-0.1, -0.05) is 26.8 Å². The number of nitrogens with one attached hydrogen (secondary N) is 2. The number of aliphatic imine (C=N–C) groups is 1. The van der Waals surface area contributed by atoms with Crippen LogP contribution in [0.5, 0.6) is 11.5 Å². The third-order valence-electron chi connectivity index (χ3n) is 4.08. The van der Waals surface area contributed by atoms with E-state index in [2.05, 4.69) is 36.4 Å². The van der Waals surface area contributed by atoms with Crippen LogP contribution in [0, 0.1) is 5.41 Å². The number of benzene rings is 1. The van der Waals surface area contributed by atoms with Gasteiger partial charge in [0.15, 0.2) is 17.5 Å². The first-order valence-corrected chi connectivity index (χ1v) is 8.54. The van der Waals surface area contributed by atoms with E-state index < -0.39 is 0 Å². The van der Waals surface area contributed by atoms with Crippen LogP contribution in [0.2, 0.25) is 0 Å². The van der Waals surface area contributed by atoms with Crippen molar-refractivity contribution in [3.63, 3.8) is 0 Å². The summed E-state index contributed by atoms with van der Waals surface area (Å²) in [5, 5.41) is 6.65. The molecule has 7 heteroatoms. The third-order valence-corrected chi connectivity index (χ3v) is 4.08. The second-order valence-corrected chi connectivity index (χ2v) is 6.91. The van der Waals surface area contributed by atoms with Gasteiger partial charge >= 0.3 is 0 Å². The Balaban J connectivity index is 0.00000625. The molecule has 0 aliphatic heterocycles. The third kappa shape index (κ3) is 7.99. The minimum Gasteiger partial charge on any atom is -0.493 e. The maximum absolute atomic E-state index is 5.56. The monoisotopic (exact) mass is 479 g/mol. The smallest absolute Gasteiger partial charge is 0.191 e. The van der Waals surface area contributed by atoms with Gasteiger partial charge < -0.3 is 24.8 Å². The van der Waals surface area contributed by atoms with Crippen molar-refractivity contribution in [2.75, 3.05) is 41.5 Å². The van der Waals surface area contributed by atoms with Crippen LogP contribution in [0.3, 0.4) is 0 Å². The maximum Gasteiger partial charge on any atom is 0.191 e. The average Bonchev–Trinajstić information content (AvgIpc) is 2.59. The topological polar surface area (TPSA) is 64.1 Å². The number of hydrogen-bond acceptors (Lipinski definition) is 4. The number of nitrogens with zero attached hydrogens (tertiary/aromatic N) is 1. The molecular weight excluding hydrogens is 445 g/mol. The molecule has 0 heterocycles. The summed E-state index contributed by atoms with van der Waals surface area (Å²) >= 11 is 0. The van der Waals surface area contributed by atoms with Gasteiger partial charge in [-0.15, -0.1) is 24.0 Å². The fourth-order valence-corrected chi connectivity index (χ4v) is 2.51. The molecule has 0 aliphatic rings. The van der Waals surface area contributed by atoms with Crippen LogP contribution in [-0.2, 0) is 11.2 Å². The zero-order valence-corrected chi connectivity index (χ0v) is 19.3. The van der Waals surface area contributed by atoms with Crippen LogP contribution < -0.4 is 20.1 Å². The van der Waals surface area contributed by atoms with Crippen molar-refractivity contribution in [2.45, 2.75) is 33.3 Å². The van der Waals surface area contributed by atoms with Crippen molar-refractivity contribution < 1.29 is 14.2 Å². The van der Waals surface area contributed by atoms with E-state index in [1.807, 2.05) is 18.2 Å². The predicted octanol–water partition coefficient (Wildman–Crippen LogP) is 3.09. The molecule has 0 spiro atoms. The van der Waals surface area contributed by atoms with Crippen LogP contribution in [0.25, 0.3) is 0 Å².